The highest BCUT2D eigenvalue weighted by Gasteiger charge is 2.35. The van der Waals surface area contributed by atoms with Crippen molar-refractivity contribution in [1.82, 2.24) is 0 Å². The summed E-state index contributed by atoms with van der Waals surface area (Å²) in [6.07, 6.45) is 0.967. The third-order valence-electron chi connectivity index (χ3n) is 2.60. The zero-order valence-electron chi connectivity index (χ0n) is 11.1. The summed E-state index contributed by atoms with van der Waals surface area (Å²) < 4.78 is 31.7. The lowest BCUT2D eigenvalue weighted by atomic mass is 10.2. The van der Waals surface area contributed by atoms with Gasteiger partial charge in [0.2, 0.25) is 0 Å². The van der Waals surface area contributed by atoms with E-state index in [1.165, 1.54) is 12.1 Å². The first-order valence-electron chi connectivity index (χ1n) is 6.03. The van der Waals surface area contributed by atoms with Gasteiger partial charge in [0, 0.05) is 11.9 Å². The smallest absolute Gasteiger partial charge is 0.319 e. The lowest BCUT2D eigenvalue weighted by molar-refractivity contribution is -0.137. The number of sulfonamides is 1. The molecule has 1 aliphatic rings. The largest absolute Gasteiger partial charge is 0.494 e. The molecule has 0 saturated heterocycles. The van der Waals surface area contributed by atoms with E-state index in [1.54, 1.807) is 12.1 Å². The Hall–Kier alpha value is -2.42. The quantitative estimate of drug-likeness (QED) is 0.838. The number of anilines is 1. The second kappa shape index (κ2) is 5.92. The molecule has 8 nitrogen and oxygen atoms in total. The summed E-state index contributed by atoms with van der Waals surface area (Å²) >= 11 is 0. The topological polar surface area (TPSA) is 117 Å². The van der Waals surface area contributed by atoms with Crippen LogP contribution < -0.4 is 9.46 Å². The summed E-state index contributed by atoms with van der Waals surface area (Å²) in [5, 5.41) is 15.1. The summed E-state index contributed by atoms with van der Waals surface area (Å²) in [5.41, 5.74) is 0.275. The van der Waals surface area contributed by atoms with Crippen LogP contribution in [0.25, 0.3) is 0 Å². The number of carboxylic acid groups (broad SMARTS) is 1. The number of rotatable bonds is 5. The molecular formula is C12H13N3O5S. The Labute approximate surface area is 121 Å². The molecule has 0 saturated carbocycles. The molecular weight excluding hydrogens is 298 g/mol. The molecule has 1 aromatic rings. The van der Waals surface area contributed by atoms with E-state index in [0.29, 0.717) is 12.4 Å². The van der Waals surface area contributed by atoms with E-state index >= 15 is 0 Å². The van der Waals surface area contributed by atoms with E-state index in [0.717, 1.165) is 6.21 Å². The lowest BCUT2D eigenvalue weighted by Gasteiger charge is -2.10. The summed E-state index contributed by atoms with van der Waals surface area (Å²) in [5.74, 6) is -2.09. The molecule has 1 aromatic carbocycles. The van der Waals surface area contributed by atoms with Crippen LogP contribution in [0.2, 0.25) is 0 Å². The van der Waals surface area contributed by atoms with Gasteiger partial charge in [-0.05, 0) is 31.2 Å². The normalized spacial score (nSPS) is 17.4. The highest BCUT2D eigenvalue weighted by atomic mass is 32.2. The Morgan fingerprint density at radius 2 is 2.05 bits per heavy atom. The maximum Gasteiger partial charge on any atom is 0.319 e. The molecule has 0 aliphatic carbocycles. The number of nitrogens with zero attached hydrogens (tertiary/aromatic N) is 2. The van der Waals surface area contributed by atoms with Crippen LogP contribution in [-0.2, 0) is 14.8 Å². The fourth-order valence-corrected chi connectivity index (χ4v) is 2.87. The number of aliphatic carboxylic acids is 1. The summed E-state index contributed by atoms with van der Waals surface area (Å²) in [6.45, 7) is 2.33. The van der Waals surface area contributed by atoms with Gasteiger partial charge in [0.05, 0.1) is 6.61 Å². The Kier molecular flexibility index (Phi) is 4.22. The van der Waals surface area contributed by atoms with Crippen molar-refractivity contribution >= 4 is 32.9 Å². The first kappa shape index (κ1) is 15.0. The zero-order chi connectivity index (χ0) is 15.5. The van der Waals surface area contributed by atoms with E-state index < -0.39 is 27.0 Å². The van der Waals surface area contributed by atoms with Gasteiger partial charge < -0.3 is 9.84 Å². The first-order valence-corrected chi connectivity index (χ1v) is 7.52. The van der Waals surface area contributed by atoms with Crippen molar-refractivity contribution in [3.63, 3.8) is 0 Å². The number of carbonyl (C=O) groups is 1. The van der Waals surface area contributed by atoms with E-state index in [-0.39, 0.29) is 5.69 Å². The van der Waals surface area contributed by atoms with Crippen LogP contribution in [0.3, 0.4) is 0 Å². The number of benzene rings is 1. The Balaban J connectivity index is 2.16. The van der Waals surface area contributed by atoms with Crippen molar-refractivity contribution in [2.75, 3.05) is 11.3 Å². The fraction of sp³-hybridized carbons (Fsp3) is 0.250. The molecule has 0 spiro atoms. The van der Waals surface area contributed by atoms with Crippen LogP contribution in [0.5, 0.6) is 5.75 Å². The molecule has 0 aromatic heterocycles. The van der Waals surface area contributed by atoms with Crippen molar-refractivity contribution in [2.45, 2.75) is 6.92 Å². The van der Waals surface area contributed by atoms with Crippen molar-refractivity contribution in [2.24, 2.45) is 16.1 Å². The minimum Gasteiger partial charge on any atom is -0.494 e. The van der Waals surface area contributed by atoms with Gasteiger partial charge in [-0.25, -0.2) is 0 Å². The summed E-state index contributed by atoms with van der Waals surface area (Å²) in [7, 11) is -4.08. The SMILES string of the molecule is CCOc1ccc(NS(=O)(=O)C2=NN=C[C@H]2C(=O)O)cc1. The highest BCUT2D eigenvalue weighted by Crippen LogP contribution is 2.19. The molecule has 112 valence electrons. The van der Waals surface area contributed by atoms with Crippen molar-refractivity contribution in [1.29, 1.82) is 0 Å². The molecule has 2 rings (SSSR count). The van der Waals surface area contributed by atoms with Crippen LogP contribution in [0, 0.1) is 5.92 Å². The molecule has 0 fully saturated rings. The van der Waals surface area contributed by atoms with Crippen LogP contribution >= 0.6 is 0 Å². The Bertz CT molecular complexity index is 694. The second-order valence-electron chi connectivity index (χ2n) is 4.08. The molecule has 2 N–H and O–H groups in total. The predicted molar refractivity (Wildman–Crippen MR) is 77.2 cm³/mol. The van der Waals surface area contributed by atoms with Crippen molar-refractivity contribution in [3.05, 3.63) is 24.3 Å². The number of ether oxygens (including phenoxy) is 1. The molecule has 0 unspecified atom stereocenters. The van der Waals surface area contributed by atoms with E-state index in [2.05, 4.69) is 14.9 Å². The van der Waals surface area contributed by atoms with Gasteiger partial charge in [-0.2, -0.15) is 13.5 Å². The maximum absolute atomic E-state index is 12.1. The van der Waals surface area contributed by atoms with Crippen LogP contribution in [0.1, 0.15) is 6.92 Å². The van der Waals surface area contributed by atoms with E-state index in [4.69, 9.17) is 9.84 Å². The van der Waals surface area contributed by atoms with Gasteiger partial charge in [-0.1, -0.05) is 0 Å². The van der Waals surface area contributed by atoms with Crippen LogP contribution in [0.15, 0.2) is 34.5 Å². The molecule has 1 atom stereocenters. The van der Waals surface area contributed by atoms with E-state index in [9.17, 15) is 13.2 Å². The molecule has 9 heteroatoms. The highest BCUT2D eigenvalue weighted by molar-refractivity contribution is 8.07. The van der Waals surface area contributed by atoms with Crippen LogP contribution in [-0.4, -0.2) is 37.4 Å². The predicted octanol–water partition coefficient (Wildman–Crippen LogP) is 0.926. The minimum atomic E-state index is -4.08. The van der Waals surface area contributed by atoms with Gasteiger partial charge >= 0.3 is 5.97 Å². The van der Waals surface area contributed by atoms with E-state index in [1.807, 2.05) is 6.92 Å². The Morgan fingerprint density at radius 3 is 2.62 bits per heavy atom. The summed E-state index contributed by atoms with van der Waals surface area (Å²) in [6, 6.07) is 6.22. The Morgan fingerprint density at radius 1 is 1.38 bits per heavy atom. The summed E-state index contributed by atoms with van der Waals surface area (Å²) in [4.78, 5) is 10.9. The molecule has 0 radical (unpaired) electrons. The van der Waals surface area contributed by atoms with Gasteiger partial charge in [-0.3, -0.25) is 9.52 Å². The van der Waals surface area contributed by atoms with Crippen molar-refractivity contribution in [3.8, 4) is 5.75 Å². The second-order valence-corrected chi connectivity index (χ2v) is 5.71. The van der Waals surface area contributed by atoms with Gasteiger partial charge in [-0.15, -0.1) is 5.10 Å². The number of hydrogen-bond acceptors (Lipinski definition) is 6. The zero-order valence-corrected chi connectivity index (χ0v) is 11.9. The minimum absolute atomic E-state index is 0.275. The van der Waals surface area contributed by atoms with Crippen molar-refractivity contribution < 1.29 is 23.1 Å². The van der Waals surface area contributed by atoms with Gasteiger partial charge in [0.1, 0.15) is 5.75 Å². The van der Waals surface area contributed by atoms with Crippen LogP contribution in [0.4, 0.5) is 5.69 Å². The first-order chi connectivity index (χ1) is 9.94. The lowest BCUT2D eigenvalue weighted by Crippen LogP contribution is -2.33. The molecule has 1 aliphatic heterocycles. The van der Waals surface area contributed by atoms with Gasteiger partial charge in [0.25, 0.3) is 10.0 Å². The maximum atomic E-state index is 12.1. The number of hydrogen-bond donors (Lipinski definition) is 2. The molecule has 0 bridgehead atoms. The number of nitrogens with one attached hydrogen (secondary N) is 1. The number of carboxylic acids is 1. The fourth-order valence-electron chi connectivity index (χ4n) is 1.67. The third-order valence-corrected chi connectivity index (χ3v) is 3.99. The standard InChI is InChI=1S/C12H13N3O5S/c1-2-20-9-5-3-8(4-6-9)15-21(18,19)11-10(12(16)17)7-13-14-11/h3-7,10,15H,2H2,1H3,(H,16,17)/t10-/m1/s1. The molecule has 21 heavy (non-hydrogen) atoms. The average Bonchev–Trinajstić information content (AvgIpc) is 2.91. The molecule has 1 heterocycles. The molecule has 0 amide bonds. The van der Waals surface area contributed by atoms with Gasteiger partial charge in [0.15, 0.2) is 11.0 Å². The average molecular weight is 311 g/mol. The monoisotopic (exact) mass is 311 g/mol. The third kappa shape index (κ3) is 3.37.